The third-order valence-corrected chi connectivity index (χ3v) is 0. The van der Waals surface area contributed by atoms with Gasteiger partial charge in [0.05, 0.1) is 15.3 Å². The van der Waals surface area contributed by atoms with E-state index in [9.17, 15) is 0 Å². The normalized spacial score (nSPS) is 5.54. The van der Waals surface area contributed by atoms with E-state index in [4.69, 9.17) is 46.0 Å². The summed E-state index contributed by atoms with van der Waals surface area (Å²) in [5.41, 5.74) is 0. The van der Waals surface area contributed by atoms with Crippen molar-refractivity contribution in [1.29, 1.82) is 0 Å². The molecule has 0 spiro atoms. The van der Waals surface area contributed by atoms with Crippen LogP contribution in [0, 0.1) is 46.0 Å². The maximum absolute atomic E-state index is 8.25. The van der Waals surface area contributed by atoms with Crippen LogP contribution in [0.2, 0.25) is 0 Å². The molecule has 12 nitrogen and oxygen atoms in total. The van der Waals surface area contributed by atoms with Crippen molar-refractivity contribution in [1.82, 2.24) is 0 Å². The van der Waals surface area contributed by atoms with Crippen LogP contribution in [0.25, 0.3) is 0 Å². The van der Waals surface area contributed by atoms with Gasteiger partial charge in [0, 0.05) is 0 Å². The van der Waals surface area contributed by atoms with Crippen molar-refractivity contribution in [3.8, 4) is 0 Å². The second kappa shape index (κ2) is 16.6. The molecule has 0 bridgehead atoms. The summed E-state index contributed by atoms with van der Waals surface area (Å²) in [6, 6.07) is 0. The van der Waals surface area contributed by atoms with Crippen LogP contribution in [0.5, 0.6) is 0 Å². The Labute approximate surface area is 78.9 Å². The predicted molar refractivity (Wildman–Crippen MR) is 31.1 cm³/mol. The van der Waals surface area contributed by atoms with E-state index in [0.717, 1.165) is 0 Å². The van der Waals surface area contributed by atoms with Gasteiger partial charge >= 0.3 is 16.8 Å². The summed E-state index contributed by atoms with van der Waals surface area (Å²) in [6.45, 7) is 0. The molecule has 0 aliphatic carbocycles. The Morgan fingerprint density at radius 1 is 0.538 bits per heavy atom. The molecule has 0 atom stereocenters. The maximum atomic E-state index is 8.25. The van der Waals surface area contributed by atoms with Gasteiger partial charge in [0.25, 0.3) is 0 Å². The van der Waals surface area contributed by atoms with E-state index < -0.39 is 15.3 Å². The molecule has 0 aliphatic heterocycles. The van der Waals surface area contributed by atoms with Crippen molar-refractivity contribution in [2.24, 2.45) is 0 Å². The van der Waals surface area contributed by atoms with Gasteiger partial charge in [-0.2, -0.15) is 0 Å². The SMILES string of the molecule is O=[N+]([O-])[O-].O=[N+]([O-])[O-].O=[N+]([O-])[O-].[Co+2]. The standard InChI is InChI=1S/Co.3NO3/c;3*2-1(3)4/q+2;3*-1. The van der Waals surface area contributed by atoms with Gasteiger partial charge in [0.2, 0.25) is 0 Å². The molecule has 0 saturated carbocycles. The molecule has 0 unspecified atom stereocenters. The quantitative estimate of drug-likeness (QED) is 0.389. The Bertz CT molecular complexity index is 112. The molecule has 13 heteroatoms. The molecular formula is CoN3O9-. The van der Waals surface area contributed by atoms with Crippen LogP contribution in [0.4, 0.5) is 0 Å². The minimum absolute atomic E-state index is 0. The third kappa shape index (κ3) is 185. The molecule has 0 amide bonds. The van der Waals surface area contributed by atoms with Crippen molar-refractivity contribution < 1.29 is 32.0 Å². The Morgan fingerprint density at radius 3 is 0.538 bits per heavy atom. The van der Waals surface area contributed by atoms with Gasteiger partial charge in [-0.05, 0) is 0 Å². The first-order valence-electron chi connectivity index (χ1n) is 1.64. The van der Waals surface area contributed by atoms with E-state index in [-0.39, 0.29) is 16.8 Å². The molecule has 0 aromatic heterocycles. The average Bonchev–Trinajstić information content (AvgIpc) is 1.54. The first kappa shape index (κ1) is 22.5. The number of hydrogen-bond acceptors (Lipinski definition) is 9. The largest absolute Gasteiger partial charge is 2.00 e. The minimum atomic E-state index is -1.75. The molecule has 0 aromatic rings. The molecule has 0 heterocycles. The summed E-state index contributed by atoms with van der Waals surface area (Å²) >= 11 is 0. The van der Waals surface area contributed by atoms with Gasteiger partial charge in [-0.25, -0.2) is 0 Å². The van der Waals surface area contributed by atoms with Crippen LogP contribution in [-0.2, 0) is 16.8 Å². The molecule has 1 radical (unpaired) electrons. The zero-order valence-electron chi connectivity index (χ0n) is 5.35. The van der Waals surface area contributed by atoms with E-state index in [2.05, 4.69) is 0 Å². The molecule has 0 N–H and O–H groups in total. The van der Waals surface area contributed by atoms with E-state index in [0.29, 0.717) is 0 Å². The number of hydrogen-bond donors (Lipinski definition) is 0. The second-order valence-corrected chi connectivity index (χ2v) is 0.671. The number of nitrogens with zero attached hydrogens (tertiary/aromatic N) is 3. The molecule has 0 rings (SSSR count). The van der Waals surface area contributed by atoms with Gasteiger partial charge in [-0.1, -0.05) is 0 Å². The van der Waals surface area contributed by atoms with Gasteiger partial charge in [0.1, 0.15) is 0 Å². The Kier molecular flexibility index (Phi) is 28.7. The van der Waals surface area contributed by atoms with Crippen molar-refractivity contribution in [2.75, 3.05) is 0 Å². The van der Waals surface area contributed by atoms with Crippen LogP contribution in [-0.4, -0.2) is 15.3 Å². The first-order chi connectivity index (χ1) is 5.20. The fourth-order valence-electron chi connectivity index (χ4n) is 0. The van der Waals surface area contributed by atoms with Crippen LogP contribution in [0.3, 0.4) is 0 Å². The fraction of sp³-hybridized carbons (Fsp3) is 0. The summed E-state index contributed by atoms with van der Waals surface area (Å²) < 4.78 is 0. The van der Waals surface area contributed by atoms with Gasteiger partial charge in [-0.15, -0.1) is 0 Å². The summed E-state index contributed by atoms with van der Waals surface area (Å²) in [7, 11) is 0. The minimum Gasteiger partial charge on any atom is -0.356 e. The Balaban J connectivity index is -0.0000000450. The van der Waals surface area contributed by atoms with Crippen molar-refractivity contribution in [3.05, 3.63) is 46.0 Å². The van der Waals surface area contributed by atoms with Crippen molar-refractivity contribution in [2.45, 2.75) is 0 Å². The molecule has 0 saturated heterocycles. The smallest absolute Gasteiger partial charge is 0.356 e. The zero-order valence-corrected chi connectivity index (χ0v) is 6.39. The molecule has 13 heavy (non-hydrogen) atoms. The third-order valence-electron chi connectivity index (χ3n) is 0. The molecule has 0 aromatic carbocycles. The summed E-state index contributed by atoms with van der Waals surface area (Å²) in [5, 5.41) is 44.2. The van der Waals surface area contributed by atoms with Crippen LogP contribution in [0.1, 0.15) is 0 Å². The van der Waals surface area contributed by atoms with Gasteiger partial charge in [0.15, 0.2) is 0 Å². The fourth-order valence-corrected chi connectivity index (χ4v) is 0. The predicted octanol–water partition coefficient (Wildman–Crippen LogP) is -0.720. The van der Waals surface area contributed by atoms with E-state index in [1.165, 1.54) is 0 Å². The maximum Gasteiger partial charge on any atom is 2.00 e. The van der Waals surface area contributed by atoms with Crippen LogP contribution >= 0.6 is 0 Å². The van der Waals surface area contributed by atoms with E-state index in [1.807, 2.05) is 0 Å². The van der Waals surface area contributed by atoms with Gasteiger partial charge < -0.3 is 46.0 Å². The van der Waals surface area contributed by atoms with Crippen molar-refractivity contribution >= 4 is 0 Å². The van der Waals surface area contributed by atoms with Crippen LogP contribution in [0.15, 0.2) is 0 Å². The second-order valence-electron chi connectivity index (χ2n) is 0.671. The van der Waals surface area contributed by atoms with E-state index >= 15 is 0 Å². The first-order valence-corrected chi connectivity index (χ1v) is 1.64. The average molecular weight is 245 g/mol. The molecule has 0 fully saturated rings. The molecule has 79 valence electrons. The molecule has 0 aliphatic rings. The van der Waals surface area contributed by atoms with E-state index in [1.54, 1.807) is 0 Å². The topological polar surface area (TPSA) is 199 Å². The van der Waals surface area contributed by atoms with Gasteiger partial charge in [-0.3, -0.25) is 0 Å². The van der Waals surface area contributed by atoms with Crippen molar-refractivity contribution in [3.63, 3.8) is 0 Å². The summed E-state index contributed by atoms with van der Waals surface area (Å²) in [5.74, 6) is 0. The summed E-state index contributed by atoms with van der Waals surface area (Å²) in [4.78, 5) is 24.8. The molecular weight excluding hydrogens is 245 g/mol. The Hall–Kier alpha value is -1.89. The summed E-state index contributed by atoms with van der Waals surface area (Å²) in [6.07, 6.45) is 0. The number of rotatable bonds is 0. The monoisotopic (exact) mass is 245 g/mol. The zero-order chi connectivity index (χ0) is 10.7. The Morgan fingerprint density at radius 2 is 0.538 bits per heavy atom. The van der Waals surface area contributed by atoms with Crippen LogP contribution < -0.4 is 0 Å².